The minimum Gasteiger partial charge on any atom is -0.502 e. The molecule has 1 fully saturated rings. The molecule has 0 radical (unpaired) electrons. The first-order valence-corrected chi connectivity index (χ1v) is 5.70. The highest BCUT2D eigenvalue weighted by molar-refractivity contribution is 7.80. The fourth-order valence-electron chi connectivity index (χ4n) is 1.62. The Morgan fingerprint density at radius 1 is 1.19 bits per heavy atom. The van der Waals surface area contributed by atoms with Crippen LogP contribution in [0.1, 0.15) is 5.56 Å². The smallest absolute Gasteiger partial charge is 0.318 e. The Balaban J connectivity index is 2.60. The fourth-order valence-corrected chi connectivity index (χ4v) is 1.82. The Morgan fingerprint density at radius 3 is 2.33 bits per heavy atom. The van der Waals surface area contributed by atoms with Crippen LogP contribution in [0.5, 0.6) is 5.75 Å². The maximum absolute atomic E-state index is 11.5. The second-order valence-corrected chi connectivity index (χ2v) is 4.29. The molecule has 3 N–H and O–H groups in total. The Bertz CT molecular complexity index is 729. The Kier molecular flexibility index (Phi) is 3.50. The molecule has 10 nitrogen and oxygen atoms in total. The summed E-state index contributed by atoms with van der Waals surface area (Å²) < 4.78 is 0. The van der Waals surface area contributed by atoms with Crippen LogP contribution in [-0.2, 0) is 4.79 Å². The van der Waals surface area contributed by atoms with Gasteiger partial charge in [-0.15, -0.1) is 0 Å². The minimum atomic E-state index is -0.961. The minimum absolute atomic E-state index is 0.0191. The van der Waals surface area contributed by atoms with Crippen LogP contribution in [0.2, 0.25) is 0 Å². The van der Waals surface area contributed by atoms with Gasteiger partial charge in [0.15, 0.2) is 5.11 Å². The SMILES string of the molecule is O=C1NC(=S)NC1=Cc1cc([N+](=O)[O-])cc([N+](=O)[O-])c1O. The zero-order chi connectivity index (χ0) is 15.7. The van der Waals surface area contributed by atoms with Crippen molar-refractivity contribution in [2.24, 2.45) is 0 Å². The van der Waals surface area contributed by atoms with E-state index < -0.39 is 32.9 Å². The third-order valence-electron chi connectivity index (χ3n) is 2.53. The summed E-state index contributed by atoms with van der Waals surface area (Å²) in [6.07, 6.45) is 1.03. The molecule has 0 saturated carbocycles. The molecule has 1 aromatic rings. The predicted molar refractivity (Wildman–Crippen MR) is 73.3 cm³/mol. The van der Waals surface area contributed by atoms with Gasteiger partial charge in [-0.1, -0.05) is 0 Å². The largest absolute Gasteiger partial charge is 0.502 e. The number of hydrogen-bond acceptors (Lipinski definition) is 7. The molecule has 2 rings (SSSR count). The van der Waals surface area contributed by atoms with Crippen LogP contribution in [0.25, 0.3) is 6.08 Å². The second kappa shape index (κ2) is 5.13. The zero-order valence-corrected chi connectivity index (χ0v) is 10.8. The maximum atomic E-state index is 11.5. The number of non-ortho nitro benzene ring substituents is 1. The van der Waals surface area contributed by atoms with E-state index in [0.29, 0.717) is 6.07 Å². The van der Waals surface area contributed by atoms with Crippen LogP contribution in [0.3, 0.4) is 0 Å². The normalized spacial score (nSPS) is 15.7. The lowest BCUT2D eigenvalue weighted by Crippen LogP contribution is -2.21. The third kappa shape index (κ3) is 2.76. The van der Waals surface area contributed by atoms with Crippen LogP contribution in [-0.4, -0.2) is 26.0 Å². The number of nitrogens with one attached hydrogen (secondary N) is 2. The van der Waals surface area contributed by atoms with Gasteiger partial charge < -0.3 is 10.4 Å². The number of phenolic OH excluding ortho intramolecular Hbond substituents is 1. The highest BCUT2D eigenvalue weighted by Gasteiger charge is 2.25. The maximum Gasteiger partial charge on any atom is 0.318 e. The van der Waals surface area contributed by atoms with Crippen molar-refractivity contribution in [1.29, 1.82) is 0 Å². The second-order valence-electron chi connectivity index (χ2n) is 3.88. The highest BCUT2D eigenvalue weighted by atomic mass is 32.1. The van der Waals surface area contributed by atoms with Crippen LogP contribution >= 0.6 is 12.2 Å². The lowest BCUT2D eigenvalue weighted by molar-refractivity contribution is -0.394. The molecule has 11 heteroatoms. The van der Waals surface area contributed by atoms with Gasteiger partial charge in [0.25, 0.3) is 11.6 Å². The number of nitrogens with zero attached hydrogens (tertiary/aromatic N) is 2. The fraction of sp³-hybridized carbons (Fsp3) is 0. The quantitative estimate of drug-likeness (QED) is 0.317. The Morgan fingerprint density at radius 2 is 1.86 bits per heavy atom. The number of rotatable bonds is 3. The van der Waals surface area contributed by atoms with Crippen LogP contribution in [0, 0.1) is 20.2 Å². The van der Waals surface area contributed by atoms with E-state index in [9.17, 15) is 30.1 Å². The van der Waals surface area contributed by atoms with Crippen molar-refractivity contribution in [2.75, 3.05) is 0 Å². The summed E-state index contributed by atoms with van der Waals surface area (Å²) in [6, 6.07) is 1.54. The van der Waals surface area contributed by atoms with Crippen LogP contribution in [0.4, 0.5) is 11.4 Å². The number of carbonyl (C=O) groups is 1. The molecule has 0 aromatic heterocycles. The van der Waals surface area contributed by atoms with Gasteiger partial charge in [0.2, 0.25) is 5.75 Å². The Labute approximate surface area is 121 Å². The first-order valence-electron chi connectivity index (χ1n) is 5.29. The van der Waals surface area contributed by atoms with Gasteiger partial charge in [-0.05, 0) is 18.3 Å². The van der Waals surface area contributed by atoms with Crippen LogP contribution in [0.15, 0.2) is 17.8 Å². The number of carbonyl (C=O) groups excluding carboxylic acids is 1. The van der Waals surface area contributed by atoms with E-state index >= 15 is 0 Å². The van der Waals surface area contributed by atoms with Gasteiger partial charge in [-0.2, -0.15) is 0 Å². The van der Waals surface area contributed by atoms with E-state index in [1.807, 2.05) is 0 Å². The van der Waals surface area contributed by atoms with Crippen LogP contribution < -0.4 is 10.6 Å². The molecule has 108 valence electrons. The number of nitro groups is 2. The number of phenols is 1. The summed E-state index contributed by atoms with van der Waals surface area (Å²) in [4.78, 5) is 31.2. The number of amides is 1. The van der Waals surface area contributed by atoms with E-state index in [2.05, 4.69) is 10.6 Å². The van der Waals surface area contributed by atoms with E-state index in [0.717, 1.165) is 12.1 Å². The first kappa shape index (κ1) is 14.3. The van der Waals surface area contributed by atoms with Crippen molar-refractivity contribution in [3.63, 3.8) is 0 Å². The van der Waals surface area contributed by atoms with Crippen molar-refractivity contribution in [3.05, 3.63) is 43.6 Å². The number of nitro benzene ring substituents is 2. The molecule has 0 bridgehead atoms. The highest BCUT2D eigenvalue weighted by Crippen LogP contribution is 2.35. The molecule has 1 aliphatic rings. The first-order chi connectivity index (χ1) is 9.79. The standard InChI is InChI=1S/C10H6N4O6S/c15-8-4(2-6-9(16)12-10(21)11-6)1-5(13(17)18)3-7(8)14(19)20/h1-3,15H,(H2,11,12,16,21). The van der Waals surface area contributed by atoms with Crippen molar-refractivity contribution in [1.82, 2.24) is 10.6 Å². The summed E-state index contributed by atoms with van der Waals surface area (Å²) in [5.74, 6) is -1.40. The van der Waals surface area contributed by atoms with Crippen molar-refractivity contribution < 1.29 is 19.7 Å². The van der Waals surface area contributed by atoms with Gasteiger partial charge in [-0.3, -0.25) is 30.3 Å². The molecule has 0 unspecified atom stereocenters. The zero-order valence-electron chi connectivity index (χ0n) is 10.0. The van der Waals surface area contributed by atoms with Gasteiger partial charge in [0.1, 0.15) is 5.70 Å². The average Bonchev–Trinajstić information content (AvgIpc) is 2.69. The molecule has 0 atom stereocenters. The predicted octanol–water partition coefficient (Wildman–Crippen LogP) is 0.554. The number of aromatic hydroxyl groups is 1. The molecule has 1 heterocycles. The molecule has 1 aliphatic heterocycles. The molecule has 21 heavy (non-hydrogen) atoms. The van der Waals surface area contributed by atoms with E-state index in [4.69, 9.17) is 12.2 Å². The third-order valence-corrected chi connectivity index (χ3v) is 2.74. The van der Waals surface area contributed by atoms with Gasteiger partial charge in [-0.25, -0.2) is 0 Å². The monoisotopic (exact) mass is 310 g/mol. The molecular formula is C10H6N4O6S. The van der Waals surface area contributed by atoms with E-state index in [1.54, 1.807) is 0 Å². The molecule has 0 spiro atoms. The Hall–Kier alpha value is -3.08. The lowest BCUT2D eigenvalue weighted by Gasteiger charge is -2.02. The number of thiocarbonyl (C=S) groups is 1. The summed E-state index contributed by atoms with van der Waals surface area (Å²) in [7, 11) is 0. The summed E-state index contributed by atoms with van der Waals surface area (Å²) in [6.45, 7) is 0. The van der Waals surface area contributed by atoms with E-state index in [1.165, 1.54) is 0 Å². The summed E-state index contributed by atoms with van der Waals surface area (Å²) in [5.41, 5.74) is -1.77. The molecule has 1 saturated heterocycles. The van der Waals surface area contributed by atoms with E-state index in [-0.39, 0.29) is 16.4 Å². The average molecular weight is 310 g/mol. The molecule has 1 aromatic carbocycles. The van der Waals surface area contributed by atoms with Gasteiger partial charge in [0, 0.05) is 11.6 Å². The number of hydrogen-bond donors (Lipinski definition) is 3. The van der Waals surface area contributed by atoms with Crippen molar-refractivity contribution >= 4 is 40.7 Å². The van der Waals surface area contributed by atoms with Gasteiger partial charge in [0.05, 0.1) is 15.9 Å². The molecule has 0 aliphatic carbocycles. The summed E-state index contributed by atoms with van der Waals surface area (Å²) >= 11 is 4.69. The lowest BCUT2D eigenvalue weighted by atomic mass is 10.1. The summed E-state index contributed by atoms with van der Waals surface area (Å²) in [5, 5.41) is 36.0. The molecular weight excluding hydrogens is 304 g/mol. The molecule has 1 amide bonds. The van der Waals surface area contributed by atoms with Crippen molar-refractivity contribution in [2.45, 2.75) is 0 Å². The van der Waals surface area contributed by atoms with Crippen molar-refractivity contribution in [3.8, 4) is 5.75 Å². The van der Waals surface area contributed by atoms with Gasteiger partial charge >= 0.3 is 5.69 Å². The number of benzene rings is 1. The topological polar surface area (TPSA) is 148 Å².